The van der Waals surface area contributed by atoms with Gasteiger partial charge < -0.3 is 9.64 Å². The van der Waals surface area contributed by atoms with Crippen LogP contribution in [0, 0.1) is 13.8 Å². The fraction of sp³-hybridized carbons (Fsp3) is 0.350. The number of carbonyl (C=O) groups is 1. The number of hydrogen-bond acceptors (Lipinski definition) is 2. The van der Waals surface area contributed by atoms with Crippen LogP contribution in [0.1, 0.15) is 30.0 Å². The van der Waals surface area contributed by atoms with Crippen molar-refractivity contribution in [2.75, 3.05) is 11.4 Å². The zero-order chi connectivity index (χ0) is 16.4. The molecule has 1 unspecified atom stereocenters. The van der Waals surface area contributed by atoms with Crippen molar-refractivity contribution in [3.8, 4) is 5.75 Å². The summed E-state index contributed by atoms with van der Waals surface area (Å²) in [6, 6.07) is 14.1. The van der Waals surface area contributed by atoms with Gasteiger partial charge in [-0.2, -0.15) is 0 Å². The summed E-state index contributed by atoms with van der Waals surface area (Å²) in [4.78, 5) is 14.7. The maximum absolute atomic E-state index is 12.8. The molecule has 1 amide bonds. The van der Waals surface area contributed by atoms with Crippen molar-refractivity contribution in [3.05, 3.63) is 59.2 Å². The van der Waals surface area contributed by atoms with Gasteiger partial charge >= 0.3 is 0 Å². The van der Waals surface area contributed by atoms with Gasteiger partial charge in [0.1, 0.15) is 5.75 Å². The van der Waals surface area contributed by atoms with Gasteiger partial charge in [0.05, 0.1) is 0 Å². The van der Waals surface area contributed by atoms with E-state index >= 15 is 0 Å². The Balaban J connectivity index is 1.78. The molecule has 3 nitrogen and oxygen atoms in total. The van der Waals surface area contributed by atoms with E-state index in [1.54, 1.807) is 0 Å². The van der Waals surface area contributed by atoms with Crippen molar-refractivity contribution in [1.29, 1.82) is 0 Å². The first-order valence-electron chi connectivity index (χ1n) is 8.19. The maximum atomic E-state index is 12.8. The summed E-state index contributed by atoms with van der Waals surface area (Å²) < 4.78 is 5.86. The Labute approximate surface area is 137 Å². The molecule has 1 aliphatic heterocycles. The number of anilines is 1. The maximum Gasteiger partial charge on any atom is 0.267 e. The van der Waals surface area contributed by atoms with Crippen LogP contribution in [-0.2, 0) is 11.2 Å². The average molecular weight is 309 g/mol. The molecule has 3 rings (SSSR count). The minimum Gasteiger partial charge on any atom is -0.481 e. The van der Waals surface area contributed by atoms with Crippen molar-refractivity contribution in [2.45, 2.75) is 39.7 Å². The molecule has 2 aromatic carbocycles. The van der Waals surface area contributed by atoms with Crippen LogP contribution in [0.15, 0.2) is 42.5 Å². The van der Waals surface area contributed by atoms with E-state index < -0.39 is 6.10 Å². The molecule has 2 aromatic rings. The van der Waals surface area contributed by atoms with E-state index in [4.69, 9.17) is 4.74 Å². The van der Waals surface area contributed by atoms with Crippen molar-refractivity contribution in [1.82, 2.24) is 0 Å². The Morgan fingerprint density at radius 3 is 2.70 bits per heavy atom. The number of benzene rings is 2. The summed E-state index contributed by atoms with van der Waals surface area (Å²) in [7, 11) is 0. The Morgan fingerprint density at radius 1 is 1.13 bits per heavy atom. The van der Waals surface area contributed by atoms with Gasteiger partial charge in [-0.3, -0.25) is 4.79 Å². The zero-order valence-corrected chi connectivity index (χ0v) is 14.0. The fourth-order valence-electron chi connectivity index (χ4n) is 3.12. The van der Waals surface area contributed by atoms with Crippen LogP contribution >= 0.6 is 0 Å². The molecular formula is C20H23NO2. The number of ether oxygens (including phenoxy) is 1. The van der Waals surface area contributed by atoms with Crippen LogP contribution in [-0.4, -0.2) is 18.6 Å². The molecule has 0 fully saturated rings. The zero-order valence-electron chi connectivity index (χ0n) is 14.0. The lowest BCUT2D eigenvalue weighted by atomic mass is 9.99. The summed E-state index contributed by atoms with van der Waals surface area (Å²) in [5.74, 6) is 0.767. The molecule has 0 aliphatic carbocycles. The largest absolute Gasteiger partial charge is 0.481 e. The van der Waals surface area contributed by atoms with Crippen LogP contribution in [0.4, 0.5) is 5.69 Å². The third kappa shape index (κ3) is 3.39. The summed E-state index contributed by atoms with van der Waals surface area (Å²) in [6.45, 7) is 6.69. The van der Waals surface area contributed by atoms with Gasteiger partial charge in [0, 0.05) is 12.2 Å². The van der Waals surface area contributed by atoms with E-state index in [2.05, 4.69) is 25.1 Å². The third-order valence-corrected chi connectivity index (χ3v) is 4.27. The van der Waals surface area contributed by atoms with Crippen LogP contribution in [0.25, 0.3) is 0 Å². The highest BCUT2D eigenvalue weighted by Crippen LogP contribution is 2.29. The van der Waals surface area contributed by atoms with Crippen LogP contribution in [0.5, 0.6) is 5.75 Å². The minimum absolute atomic E-state index is 0.0244. The van der Waals surface area contributed by atoms with Crippen molar-refractivity contribution in [2.24, 2.45) is 0 Å². The first kappa shape index (κ1) is 15.6. The van der Waals surface area contributed by atoms with E-state index in [0.29, 0.717) is 0 Å². The lowest BCUT2D eigenvalue weighted by Gasteiger charge is -2.31. The van der Waals surface area contributed by atoms with Gasteiger partial charge in [-0.25, -0.2) is 0 Å². The Morgan fingerprint density at radius 2 is 1.91 bits per heavy atom. The number of carbonyl (C=O) groups excluding carboxylic acids is 1. The second-order valence-corrected chi connectivity index (χ2v) is 6.30. The molecule has 0 saturated carbocycles. The van der Waals surface area contributed by atoms with E-state index in [0.717, 1.165) is 36.4 Å². The summed E-state index contributed by atoms with van der Waals surface area (Å²) in [5, 5.41) is 0. The molecule has 0 radical (unpaired) electrons. The topological polar surface area (TPSA) is 29.5 Å². The van der Waals surface area contributed by atoms with Crippen molar-refractivity contribution < 1.29 is 9.53 Å². The average Bonchev–Trinajstić information content (AvgIpc) is 2.53. The summed E-state index contributed by atoms with van der Waals surface area (Å²) in [6.07, 6.45) is 1.54. The minimum atomic E-state index is -0.496. The second-order valence-electron chi connectivity index (χ2n) is 6.30. The lowest BCUT2D eigenvalue weighted by Crippen LogP contribution is -2.43. The lowest BCUT2D eigenvalue weighted by molar-refractivity contribution is -0.124. The standard InChI is InChI=1S/C20H23NO2/c1-14-6-4-8-18(13-14)23-16(3)20(22)21-11-5-7-17-12-15(2)9-10-19(17)21/h4,6,8-10,12-13,16H,5,7,11H2,1-3H3. The molecule has 0 spiro atoms. The van der Waals surface area contributed by atoms with Gasteiger partial charge in [0.15, 0.2) is 6.10 Å². The predicted molar refractivity (Wildman–Crippen MR) is 93.1 cm³/mol. The smallest absolute Gasteiger partial charge is 0.267 e. The van der Waals surface area contributed by atoms with E-state index in [1.165, 1.54) is 11.1 Å². The third-order valence-electron chi connectivity index (χ3n) is 4.27. The summed E-state index contributed by atoms with van der Waals surface area (Å²) in [5.41, 5.74) is 4.65. The fourth-order valence-corrected chi connectivity index (χ4v) is 3.12. The molecule has 3 heteroatoms. The molecule has 120 valence electrons. The monoisotopic (exact) mass is 309 g/mol. The molecule has 1 atom stereocenters. The molecule has 1 aliphatic rings. The first-order valence-corrected chi connectivity index (χ1v) is 8.19. The number of nitrogens with zero attached hydrogens (tertiary/aromatic N) is 1. The van der Waals surface area contributed by atoms with E-state index in [9.17, 15) is 4.79 Å². The highest BCUT2D eigenvalue weighted by molar-refractivity contribution is 5.97. The van der Waals surface area contributed by atoms with Gasteiger partial charge in [0.2, 0.25) is 0 Å². The SMILES string of the molecule is Cc1cccc(OC(C)C(=O)N2CCCc3cc(C)ccc32)c1. The number of aryl methyl sites for hydroxylation is 3. The number of amides is 1. The Bertz CT molecular complexity index is 723. The molecule has 23 heavy (non-hydrogen) atoms. The quantitative estimate of drug-likeness (QED) is 0.856. The molecular weight excluding hydrogens is 286 g/mol. The molecule has 0 aromatic heterocycles. The Kier molecular flexibility index (Phi) is 4.37. The van der Waals surface area contributed by atoms with Gasteiger partial charge in [-0.05, 0) is 62.9 Å². The van der Waals surface area contributed by atoms with Gasteiger partial charge in [-0.1, -0.05) is 29.8 Å². The number of fused-ring (bicyclic) bond motifs is 1. The predicted octanol–water partition coefficient (Wildman–Crippen LogP) is 4.05. The normalized spacial score (nSPS) is 15.0. The van der Waals surface area contributed by atoms with E-state index in [-0.39, 0.29) is 5.91 Å². The highest BCUT2D eigenvalue weighted by atomic mass is 16.5. The number of hydrogen-bond donors (Lipinski definition) is 0. The molecule has 0 bridgehead atoms. The van der Waals surface area contributed by atoms with Gasteiger partial charge in [-0.15, -0.1) is 0 Å². The first-order chi connectivity index (χ1) is 11.0. The van der Waals surface area contributed by atoms with Crippen LogP contribution in [0.2, 0.25) is 0 Å². The molecule has 0 saturated heterocycles. The Hall–Kier alpha value is -2.29. The van der Waals surface area contributed by atoms with Gasteiger partial charge in [0.25, 0.3) is 5.91 Å². The summed E-state index contributed by atoms with van der Waals surface area (Å²) >= 11 is 0. The highest BCUT2D eigenvalue weighted by Gasteiger charge is 2.27. The van der Waals surface area contributed by atoms with E-state index in [1.807, 2.05) is 43.0 Å². The number of rotatable bonds is 3. The van der Waals surface area contributed by atoms with Crippen LogP contribution in [0.3, 0.4) is 0 Å². The van der Waals surface area contributed by atoms with Crippen molar-refractivity contribution >= 4 is 11.6 Å². The molecule has 0 N–H and O–H groups in total. The second kappa shape index (κ2) is 6.45. The molecule has 1 heterocycles. The van der Waals surface area contributed by atoms with Crippen molar-refractivity contribution in [3.63, 3.8) is 0 Å². The van der Waals surface area contributed by atoms with Crippen LogP contribution < -0.4 is 9.64 Å².